The number of para-hydroxylation sites is 1. The van der Waals surface area contributed by atoms with Crippen molar-refractivity contribution in [3.8, 4) is 0 Å². The quantitative estimate of drug-likeness (QED) is 0.590. The van der Waals surface area contributed by atoms with Crippen LogP contribution in [0.1, 0.15) is 65.4 Å². The van der Waals surface area contributed by atoms with E-state index in [4.69, 9.17) is 4.74 Å². The molecule has 2 atom stereocenters. The van der Waals surface area contributed by atoms with Crippen molar-refractivity contribution in [2.24, 2.45) is 5.92 Å². The van der Waals surface area contributed by atoms with E-state index < -0.39 is 17.7 Å². The molecule has 6 nitrogen and oxygen atoms in total. The fourth-order valence-electron chi connectivity index (χ4n) is 4.42. The molecular formula is C26H36N2O4. The highest BCUT2D eigenvalue weighted by Gasteiger charge is 2.35. The summed E-state index contributed by atoms with van der Waals surface area (Å²) in [7, 11) is 0. The van der Waals surface area contributed by atoms with E-state index in [1.54, 1.807) is 15.9 Å². The molecule has 6 heteroatoms. The van der Waals surface area contributed by atoms with Crippen LogP contribution in [-0.4, -0.2) is 47.4 Å². The molecule has 3 rings (SSSR count). The van der Waals surface area contributed by atoms with Crippen LogP contribution < -0.4 is 4.90 Å². The molecule has 1 saturated heterocycles. The number of carbonyl (C=O) groups excluding carboxylic acids is 3. The molecule has 0 saturated carbocycles. The Morgan fingerprint density at radius 1 is 1.16 bits per heavy atom. The van der Waals surface area contributed by atoms with E-state index >= 15 is 0 Å². The number of allylic oxidation sites excluding steroid dienone is 1. The molecule has 0 spiro atoms. The molecule has 0 aliphatic carbocycles. The van der Waals surface area contributed by atoms with Gasteiger partial charge in [0.1, 0.15) is 5.60 Å². The lowest BCUT2D eigenvalue weighted by molar-refractivity contribution is -0.126. The number of hydrogen-bond donors (Lipinski definition) is 0. The first-order chi connectivity index (χ1) is 15.2. The zero-order chi connectivity index (χ0) is 23.3. The molecule has 1 fully saturated rings. The Labute approximate surface area is 191 Å². The van der Waals surface area contributed by atoms with Gasteiger partial charge in [-0.15, -0.1) is 0 Å². The summed E-state index contributed by atoms with van der Waals surface area (Å²) < 4.78 is 5.52. The predicted molar refractivity (Wildman–Crippen MR) is 126 cm³/mol. The lowest BCUT2D eigenvalue weighted by atomic mass is 9.91. The van der Waals surface area contributed by atoms with Gasteiger partial charge in [-0.25, -0.2) is 4.79 Å². The van der Waals surface area contributed by atoms with Crippen molar-refractivity contribution in [2.75, 3.05) is 18.0 Å². The molecule has 0 N–H and O–H groups in total. The van der Waals surface area contributed by atoms with Crippen LogP contribution in [-0.2, 0) is 20.7 Å². The molecule has 2 amide bonds. The Morgan fingerprint density at radius 2 is 1.91 bits per heavy atom. The summed E-state index contributed by atoms with van der Waals surface area (Å²) in [4.78, 5) is 41.9. The molecule has 2 heterocycles. The van der Waals surface area contributed by atoms with E-state index in [9.17, 15) is 14.4 Å². The molecule has 2 aliphatic rings. The second-order valence-corrected chi connectivity index (χ2v) is 9.75. The van der Waals surface area contributed by atoms with Crippen LogP contribution in [0, 0.1) is 5.92 Å². The van der Waals surface area contributed by atoms with Crippen molar-refractivity contribution in [1.29, 1.82) is 0 Å². The molecule has 0 unspecified atom stereocenters. The third-order valence-electron chi connectivity index (χ3n) is 6.15. The van der Waals surface area contributed by atoms with Gasteiger partial charge >= 0.3 is 6.09 Å². The summed E-state index contributed by atoms with van der Waals surface area (Å²) in [6, 6.07) is 7.53. The fraction of sp³-hybridized carbons (Fsp3) is 0.577. The van der Waals surface area contributed by atoms with Gasteiger partial charge in [-0.05, 0) is 76.5 Å². The van der Waals surface area contributed by atoms with Gasteiger partial charge in [-0.3, -0.25) is 14.5 Å². The number of anilines is 1. The second kappa shape index (κ2) is 10.3. The maximum atomic E-state index is 13.1. The van der Waals surface area contributed by atoms with E-state index in [1.165, 1.54) is 5.56 Å². The van der Waals surface area contributed by atoms with Crippen molar-refractivity contribution >= 4 is 23.5 Å². The van der Waals surface area contributed by atoms with E-state index in [0.29, 0.717) is 25.9 Å². The minimum absolute atomic E-state index is 0.0355. The maximum Gasteiger partial charge on any atom is 0.410 e. The number of nitrogens with zero attached hydrogens (tertiary/aromatic N) is 2. The Kier molecular flexibility index (Phi) is 7.75. The third-order valence-corrected chi connectivity index (χ3v) is 6.15. The Balaban J connectivity index is 1.62. The minimum Gasteiger partial charge on any atom is -0.444 e. The predicted octanol–water partition coefficient (Wildman–Crippen LogP) is 4.91. The number of piperidine rings is 1. The van der Waals surface area contributed by atoms with Crippen molar-refractivity contribution in [3.63, 3.8) is 0 Å². The largest absolute Gasteiger partial charge is 0.444 e. The van der Waals surface area contributed by atoms with Crippen LogP contribution in [0.25, 0.3) is 0 Å². The molecule has 1 aromatic rings. The van der Waals surface area contributed by atoms with Gasteiger partial charge in [-0.1, -0.05) is 31.2 Å². The Hall–Kier alpha value is -2.63. The van der Waals surface area contributed by atoms with Gasteiger partial charge in [0.05, 0.1) is 6.04 Å². The molecule has 0 aromatic heterocycles. The molecule has 0 bridgehead atoms. The molecule has 0 radical (unpaired) electrons. The molecule has 2 aliphatic heterocycles. The van der Waals surface area contributed by atoms with Gasteiger partial charge in [0.15, 0.2) is 5.78 Å². The number of carbonyl (C=O) groups is 3. The fourth-order valence-corrected chi connectivity index (χ4v) is 4.42. The number of hydrogen-bond acceptors (Lipinski definition) is 4. The average Bonchev–Trinajstić information content (AvgIpc) is 3.19. The molecule has 32 heavy (non-hydrogen) atoms. The van der Waals surface area contributed by atoms with Gasteiger partial charge in [0.25, 0.3) is 5.91 Å². The van der Waals surface area contributed by atoms with E-state index in [-0.39, 0.29) is 17.6 Å². The first-order valence-electron chi connectivity index (χ1n) is 11.8. The second-order valence-electron chi connectivity index (χ2n) is 9.75. The normalized spacial score (nSPS) is 19.7. The minimum atomic E-state index is -0.592. The van der Waals surface area contributed by atoms with Crippen molar-refractivity contribution in [1.82, 2.24) is 4.90 Å². The lowest BCUT2D eigenvalue weighted by Gasteiger charge is -2.36. The molecule has 174 valence electrons. The Morgan fingerprint density at radius 3 is 2.62 bits per heavy atom. The van der Waals surface area contributed by atoms with Crippen LogP contribution in [0.3, 0.4) is 0 Å². The van der Waals surface area contributed by atoms with Crippen LogP contribution >= 0.6 is 0 Å². The van der Waals surface area contributed by atoms with Gasteiger partial charge in [-0.2, -0.15) is 0 Å². The van der Waals surface area contributed by atoms with Gasteiger partial charge in [0.2, 0.25) is 0 Å². The number of ketones is 1. The highest BCUT2D eigenvalue weighted by atomic mass is 16.6. The standard InChI is InChI=1S/C26H36N2O4/c1-5-19(13-14-24(30)27-17-15-20-10-6-7-11-21(20)27)18-23(29)22-12-8-9-16-28(22)25(31)32-26(2,3)4/h6-7,10-11,13-14,19,22H,5,8-9,12,15-18H2,1-4H3/b14-13+/t19-,22-/m0/s1. The summed E-state index contributed by atoms with van der Waals surface area (Å²) in [5, 5.41) is 0. The first kappa shape index (κ1) is 24.0. The van der Waals surface area contributed by atoms with E-state index in [0.717, 1.165) is 31.4 Å². The van der Waals surface area contributed by atoms with Crippen LogP contribution in [0.2, 0.25) is 0 Å². The zero-order valence-corrected chi connectivity index (χ0v) is 19.8. The Bertz CT molecular complexity index is 871. The van der Waals surface area contributed by atoms with Crippen LogP contribution in [0.4, 0.5) is 10.5 Å². The first-order valence-corrected chi connectivity index (χ1v) is 11.8. The summed E-state index contributed by atoms with van der Waals surface area (Å²) >= 11 is 0. The number of fused-ring (bicyclic) bond motifs is 1. The van der Waals surface area contributed by atoms with Crippen molar-refractivity contribution in [3.05, 3.63) is 42.0 Å². The zero-order valence-electron chi connectivity index (χ0n) is 19.8. The van der Waals surface area contributed by atoms with E-state index in [2.05, 4.69) is 6.07 Å². The lowest BCUT2D eigenvalue weighted by Crippen LogP contribution is -2.50. The van der Waals surface area contributed by atoms with E-state index in [1.807, 2.05) is 52.0 Å². The SMILES string of the molecule is CC[C@@H](/C=C/C(=O)N1CCc2ccccc21)CC(=O)[C@@H]1CCCCN1C(=O)OC(C)(C)C. The highest BCUT2D eigenvalue weighted by Crippen LogP contribution is 2.28. The number of Topliss-reactive ketones (excluding diaryl/α,β-unsaturated/α-hetero) is 1. The number of benzene rings is 1. The van der Waals surface area contributed by atoms with Crippen molar-refractivity contribution < 1.29 is 19.1 Å². The maximum absolute atomic E-state index is 13.1. The number of likely N-dealkylation sites (tertiary alicyclic amines) is 1. The number of rotatable bonds is 6. The average molecular weight is 441 g/mol. The highest BCUT2D eigenvalue weighted by molar-refractivity contribution is 6.03. The number of ether oxygens (including phenoxy) is 1. The van der Waals surface area contributed by atoms with Crippen molar-refractivity contribution in [2.45, 2.75) is 77.9 Å². The third kappa shape index (κ3) is 5.99. The molecular weight excluding hydrogens is 404 g/mol. The molecule has 1 aromatic carbocycles. The topological polar surface area (TPSA) is 66.9 Å². The smallest absolute Gasteiger partial charge is 0.410 e. The van der Waals surface area contributed by atoms with Gasteiger partial charge in [0, 0.05) is 25.2 Å². The summed E-state index contributed by atoms with van der Waals surface area (Å²) in [5.41, 5.74) is 1.57. The van der Waals surface area contributed by atoms with Crippen LogP contribution in [0.15, 0.2) is 36.4 Å². The summed E-state index contributed by atoms with van der Waals surface area (Å²) in [5.74, 6) is -0.0355. The summed E-state index contributed by atoms with van der Waals surface area (Å²) in [6.07, 6.45) is 7.47. The summed E-state index contributed by atoms with van der Waals surface area (Å²) in [6.45, 7) is 8.75. The van der Waals surface area contributed by atoms with Gasteiger partial charge < -0.3 is 9.64 Å². The monoisotopic (exact) mass is 440 g/mol. The number of amides is 2. The van der Waals surface area contributed by atoms with Crippen LogP contribution in [0.5, 0.6) is 0 Å².